The van der Waals surface area contributed by atoms with Crippen LogP contribution in [0.3, 0.4) is 0 Å². The minimum absolute atomic E-state index is 0.0107. The quantitative estimate of drug-likeness (QED) is 0.508. The zero-order chi connectivity index (χ0) is 22.3. The van der Waals surface area contributed by atoms with Gasteiger partial charge in [-0.05, 0) is 54.3 Å². The number of rotatable bonds is 4. The molecule has 0 bridgehead atoms. The largest absolute Gasteiger partial charge is 0.497 e. The van der Waals surface area contributed by atoms with E-state index in [0.29, 0.717) is 19.5 Å². The highest BCUT2D eigenvalue weighted by molar-refractivity contribution is 5.90. The summed E-state index contributed by atoms with van der Waals surface area (Å²) >= 11 is 0. The summed E-state index contributed by atoms with van der Waals surface area (Å²) in [6.45, 7) is 5.39. The van der Waals surface area contributed by atoms with Gasteiger partial charge >= 0.3 is 0 Å². The molecule has 0 aromatic heterocycles. The molecule has 0 spiro atoms. The van der Waals surface area contributed by atoms with E-state index < -0.39 is 17.9 Å². The molecule has 0 radical (unpaired) electrons. The molecule has 2 aromatic rings. The molecule has 2 saturated heterocycles. The standard InChI is InChI=1S/C23H29N3O5/c1-13-8-19(21(27)22(28)24-30)23(29)26-14(2)11-25(12-20(13)26)17-6-4-16-10-18(31-3)7-5-15(16)9-17/h4-7,9-10,13-14,19-21,27,30H,8,11-12H2,1-3H3,(H,24,28)/t13?,14-,19+,20?,21+/m1/s1. The maximum atomic E-state index is 13.1. The van der Waals surface area contributed by atoms with Crippen molar-refractivity contribution in [3.05, 3.63) is 36.4 Å². The van der Waals surface area contributed by atoms with Crippen LogP contribution in [0.5, 0.6) is 5.75 Å². The van der Waals surface area contributed by atoms with Crippen LogP contribution in [0, 0.1) is 11.8 Å². The molecule has 8 nitrogen and oxygen atoms in total. The van der Waals surface area contributed by atoms with Gasteiger partial charge in [-0.1, -0.05) is 19.1 Å². The monoisotopic (exact) mass is 427 g/mol. The fourth-order valence-corrected chi connectivity index (χ4v) is 5.07. The van der Waals surface area contributed by atoms with Crippen molar-refractivity contribution in [2.24, 2.45) is 11.8 Å². The molecular formula is C23H29N3O5. The van der Waals surface area contributed by atoms with Gasteiger partial charge in [0.2, 0.25) is 5.91 Å². The van der Waals surface area contributed by atoms with Crippen LogP contribution in [0.25, 0.3) is 10.8 Å². The highest BCUT2D eigenvalue weighted by Gasteiger charge is 2.48. The number of hydroxylamine groups is 1. The number of anilines is 1. The van der Waals surface area contributed by atoms with Gasteiger partial charge in [0.15, 0.2) is 0 Å². The van der Waals surface area contributed by atoms with Crippen LogP contribution in [0.4, 0.5) is 5.69 Å². The van der Waals surface area contributed by atoms with Crippen molar-refractivity contribution < 1.29 is 24.6 Å². The van der Waals surface area contributed by atoms with E-state index in [0.717, 1.165) is 22.2 Å². The third-order valence-electron chi connectivity index (χ3n) is 6.73. The molecule has 166 valence electrons. The number of nitrogens with one attached hydrogen (secondary N) is 1. The van der Waals surface area contributed by atoms with Gasteiger partial charge in [-0.15, -0.1) is 0 Å². The molecule has 2 aliphatic rings. The Morgan fingerprint density at radius 2 is 1.87 bits per heavy atom. The molecule has 2 amide bonds. The van der Waals surface area contributed by atoms with Gasteiger partial charge in [-0.25, -0.2) is 5.48 Å². The number of ether oxygens (including phenoxy) is 1. The second kappa shape index (κ2) is 8.36. The van der Waals surface area contributed by atoms with E-state index in [9.17, 15) is 14.7 Å². The first-order valence-electron chi connectivity index (χ1n) is 10.6. The number of nitrogens with zero attached hydrogens (tertiary/aromatic N) is 2. The van der Waals surface area contributed by atoms with Crippen LogP contribution < -0.4 is 15.1 Å². The molecule has 8 heteroatoms. The summed E-state index contributed by atoms with van der Waals surface area (Å²) in [7, 11) is 1.66. The number of hydrogen-bond acceptors (Lipinski definition) is 6. The Morgan fingerprint density at radius 3 is 2.58 bits per heavy atom. The highest BCUT2D eigenvalue weighted by Crippen LogP contribution is 2.37. The maximum Gasteiger partial charge on any atom is 0.272 e. The normalized spacial score (nSPS) is 27.1. The summed E-state index contributed by atoms with van der Waals surface area (Å²) in [6, 6.07) is 12.2. The molecule has 3 N–H and O–H groups in total. The topological polar surface area (TPSA) is 102 Å². The lowest BCUT2D eigenvalue weighted by atomic mass is 9.78. The lowest BCUT2D eigenvalue weighted by Crippen LogP contribution is -2.67. The molecular weight excluding hydrogens is 398 g/mol. The Bertz CT molecular complexity index is 996. The zero-order valence-electron chi connectivity index (χ0n) is 18.0. The van der Waals surface area contributed by atoms with E-state index >= 15 is 0 Å². The fraction of sp³-hybridized carbons (Fsp3) is 0.478. The van der Waals surface area contributed by atoms with Gasteiger partial charge in [0.05, 0.1) is 19.1 Å². The van der Waals surface area contributed by atoms with E-state index in [-0.39, 0.29) is 23.9 Å². The summed E-state index contributed by atoms with van der Waals surface area (Å²) in [6.07, 6.45) is -1.16. The average molecular weight is 428 g/mol. The van der Waals surface area contributed by atoms with Gasteiger partial charge in [0.25, 0.3) is 5.91 Å². The van der Waals surface area contributed by atoms with E-state index in [2.05, 4.69) is 23.1 Å². The minimum Gasteiger partial charge on any atom is -0.497 e. The number of piperidine rings is 1. The summed E-state index contributed by atoms with van der Waals surface area (Å²) in [5.41, 5.74) is 2.56. The molecule has 31 heavy (non-hydrogen) atoms. The zero-order valence-corrected chi connectivity index (χ0v) is 18.0. The third kappa shape index (κ3) is 3.81. The lowest BCUT2D eigenvalue weighted by molar-refractivity contribution is -0.160. The Labute approximate surface area is 181 Å². The SMILES string of the molecule is COc1ccc2cc(N3CC4C(C)C[C@@H]([C@H](O)C(=O)NO)C(=O)N4[C@H](C)C3)ccc2c1. The first kappa shape index (κ1) is 21.4. The average Bonchev–Trinajstić information content (AvgIpc) is 2.79. The van der Waals surface area contributed by atoms with Crippen molar-refractivity contribution >= 4 is 28.3 Å². The molecule has 2 fully saturated rings. The van der Waals surface area contributed by atoms with Crippen LogP contribution in [-0.4, -0.2) is 65.4 Å². The number of benzene rings is 2. The van der Waals surface area contributed by atoms with Crippen molar-refractivity contribution in [1.82, 2.24) is 10.4 Å². The highest BCUT2D eigenvalue weighted by atomic mass is 16.5. The van der Waals surface area contributed by atoms with Crippen molar-refractivity contribution in [1.29, 1.82) is 0 Å². The van der Waals surface area contributed by atoms with Crippen molar-refractivity contribution in [3.8, 4) is 5.75 Å². The van der Waals surface area contributed by atoms with Gasteiger partial charge in [0, 0.05) is 24.8 Å². The molecule has 5 atom stereocenters. The van der Waals surface area contributed by atoms with E-state index in [1.165, 1.54) is 5.48 Å². The van der Waals surface area contributed by atoms with Crippen LogP contribution in [-0.2, 0) is 9.59 Å². The van der Waals surface area contributed by atoms with E-state index in [1.54, 1.807) is 7.11 Å². The maximum absolute atomic E-state index is 13.1. The van der Waals surface area contributed by atoms with Crippen molar-refractivity contribution in [2.45, 2.75) is 38.5 Å². The smallest absolute Gasteiger partial charge is 0.272 e. The predicted molar refractivity (Wildman–Crippen MR) is 116 cm³/mol. The number of carbonyl (C=O) groups excluding carboxylic acids is 2. The Morgan fingerprint density at radius 1 is 1.16 bits per heavy atom. The lowest BCUT2D eigenvalue weighted by Gasteiger charge is -2.53. The van der Waals surface area contributed by atoms with Crippen LogP contribution in [0.1, 0.15) is 20.3 Å². The van der Waals surface area contributed by atoms with Crippen LogP contribution >= 0.6 is 0 Å². The second-order valence-corrected chi connectivity index (χ2v) is 8.70. The fourth-order valence-electron chi connectivity index (χ4n) is 5.07. The molecule has 4 rings (SSSR count). The molecule has 2 aliphatic heterocycles. The summed E-state index contributed by atoms with van der Waals surface area (Å²) < 4.78 is 5.31. The molecule has 0 aliphatic carbocycles. The first-order valence-corrected chi connectivity index (χ1v) is 10.6. The van der Waals surface area contributed by atoms with Gasteiger partial charge in [-0.2, -0.15) is 0 Å². The van der Waals surface area contributed by atoms with E-state index in [1.807, 2.05) is 36.9 Å². The Kier molecular flexibility index (Phi) is 5.77. The number of aliphatic hydroxyl groups excluding tert-OH is 1. The number of hydrogen-bond donors (Lipinski definition) is 3. The van der Waals surface area contributed by atoms with Crippen molar-refractivity contribution in [2.75, 3.05) is 25.1 Å². The number of aliphatic hydroxyl groups is 1. The summed E-state index contributed by atoms with van der Waals surface area (Å²) in [5.74, 6) is -1.09. The Balaban J connectivity index is 1.57. The van der Waals surface area contributed by atoms with Gasteiger partial charge < -0.3 is 19.6 Å². The number of piperazine rings is 1. The van der Waals surface area contributed by atoms with E-state index in [4.69, 9.17) is 9.94 Å². The van der Waals surface area contributed by atoms with Crippen LogP contribution in [0.2, 0.25) is 0 Å². The predicted octanol–water partition coefficient (Wildman–Crippen LogP) is 1.78. The Hall–Kier alpha value is -2.84. The number of methoxy groups -OCH3 is 1. The molecule has 2 unspecified atom stereocenters. The number of fused-ring (bicyclic) bond motifs is 2. The molecule has 0 saturated carbocycles. The van der Waals surface area contributed by atoms with Gasteiger partial charge in [-0.3, -0.25) is 14.8 Å². The summed E-state index contributed by atoms with van der Waals surface area (Å²) in [4.78, 5) is 29.0. The molecule has 2 heterocycles. The van der Waals surface area contributed by atoms with Crippen molar-refractivity contribution in [3.63, 3.8) is 0 Å². The minimum atomic E-state index is -1.55. The number of carbonyl (C=O) groups is 2. The second-order valence-electron chi connectivity index (χ2n) is 8.70. The number of amides is 2. The van der Waals surface area contributed by atoms with Gasteiger partial charge in [0.1, 0.15) is 11.9 Å². The summed E-state index contributed by atoms with van der Waals surface area (Å²) in [5, 5.41) is 21.3. The molecule has 2 aromatic carbocycles. The first-order chi connectivity index (χ1) is 14.8. The third-order valence-corrected chi connectivity index (χ3v) is 6.73. The van der Waals surface area contributed by atoms with Crippen LogP contribution in [0.15, 0.2) is 36.4 Å².